The molecule has 1 amide bonds. The van der Waals surface area contributed by atoms with Crippen LogP contribution in [-0.2, 0) is 22.0 Å². The Bertz CT molecular complexity index is 1250. The Morgan fingerprint density at radius 1 is 1.12 bits per heavy atom. The summed E-state index contributed by atoms with van der Waals surface area (Å²) in [6.45, 7) is 3.90. The number of pyridine rings is 1. The minimum absolute atomic E-state index is 0.00294. The second-order valence-electron chi connectivity index (χ2n) is 9.91. The fourth-order valence-electron chi connectivity index (χ4n) is 6.38. The van der Waals surface area contributed by atoms with Gasteiger partial charge in [-0.25, -0.2) is 4.98 Å². The van der Waals surface area contributed by atoms with E-state index in [1.165, 1.54) is 16.5 Å². The number of nitrogens with one attached hydrogen (secondary N) is 1. The van der Waals surface area contributed by atoms with Crippen LogP contribution in [0.4, 0.5) is 5.82 Å². The van der Waals surface area contributed by atoms with Crippen LogP contribution in [0.2, 0.25) is 0 Å². The highest BCUT2D eigenvalue weighted by Gasteiger charge is 2.43. The molecule has 0 saturated carbocycles. The highest BCUT2D eigenvalue weighted by molar-refractivity contribution is 7.84. The van der Waals surface area contributed by atoms with Gasteiger partial charge in [0.25, 0.3) is 0 Å². The number of aromatic amines is 1. The average molecular weight is 478 g/mol. The van der Waals surface area contributed by atoms with Gasteiger partial charge in [0.15, 0.2) is 0 Å². The summed E-state index contributed by atoms with van der Waals surface area (Å²) in [6.07, 6.45) is 5.34. The lowest BCUT2D eigenvalue weighted by Gasteiger charge is -2.46. The summed E-state index contributed by atoms with van der Waals surface area (Å²) >= 11 is 0. The zero-order valence-corrected chi connectivity index (χ0v) is 20.6. The molecular weight excluding hydrogens is 446 g/mol. The number of fused-ring (bicyclic) bond motifs is 2. The van der Waals surface area contributed by atoms with E-state index < -0.39 is 10.8 Å². The van der Waals surface area contributed by atoms with E-state index in [0.717, 1.165) is 61.9 Å². The summed E-state index contributed by atoms with van der Waals surface area (Å²) in [6, 6.07) is 12.7. The minimum Gasteiger partial charge on any atom is -0.353 e. The van der Waals surface area contributed by atoms with Crippen molar-refractivity contribution in [1.29, 1.82) is 0 Å². The molecule has 2 aromatic heterocycles. The molecule has 1 unspecified atom stereocenters. The van der Waals surface area contributed by atoms with Gasteiger partial charge in [0, 0.05) is 68.0 Å². The minimum atomic E-state index is -1.05. The fourth-order valence-corrected chi connectivity index (χ4v) is 7.16. The van der Waals surface area contributed by atoms with E-state index in [9.17, 15) is 9.00 Å². The Hall–Kier alpha value is -2.71. The third-order valence-corrected chi connectivity index (χ3v) is 8.94. The number of H-pyrrole nitrogens is 1. The quantitative estimate of drug-likeness (QED) is 0.628. The van der Waals surface area contributed by atoms with Gasteiger partial charge in [-0.15, -0.1) is 0 Å². The number of piperazine rings is 1. The Kier molecular flexibility index (Phi) is 5.45. The molecule has 34 heavy (non-hydrogen) atoms. The number of carbonyl (C=O) groups is 1. The monoisotopic (exact) mass is 477 g/mol. The number of likely N-dealkylation sites (N-methyl/N-ethyl adjacent to an activating group) is 1. The van der Waals surface area contributed by atoms with Gasteiger partial charge in [0.1, 0.15) is 10.8 Å². The molecule has 2 fully saturated rings. The first-order chi connectivity index (χ1) is 16.5. The predicted octanol–water partition coefficient (Wildman–Crippen LogP) is 2.61. The van der Waals surface area contributed by atoms with Gasteiger partial charge in [-0.2, -0.15) is 0 Å². The average Bonchev–Trinajstić information content (AvgIpc) is 3.25. The number of piperidine rings is 1. The van der Waals surface area contributed by atoms with E-state index in [0.29, 0.717) is 12.0 Å². The van der Waals surface area contributed by atoms with Gasteiger partial charge >= 0.3 is 0 Å². The van der Waals surface area contributed by atoms with Crippen LogP contribution in [0.5, 0.6) is 0 Å². The molecule has 1 aliphatic carbocycles. The van der Waals surface area contributed by atoms with Crippen molar-refractivity contribution in [3.8, 4) is 0 Å². The topological polar surface area (TPSA) is 72.5 Å². The van der Waals surface area contributed by atoms with Gasteiger partial charge in [-0.05, 0) is 49.2 Å². The summed E-state index contributed by atoms with van der Waals surface area (Å²) in [4.78, 5) is 28.2. The first-order valence-corrected chi connectivity index (χ1v) is 13.7. The number of carbonyl (C=O) groups excluding carboxylic acids is 1. The number of amides is 1. The van der Waals surface area contributed by atoms with Crippen LogP contribution in [0.3, 0.4) is 0 Å². The Morgan fingerprint density at radius 2 is 1.94 bits per heavy atom. The number of benzene rings is 1. The molecule has 4 heterocycles. The summed E-state index contributed by atoms with van der Waals surface area (Å²) < 4.78 is 12.4. The van der Waals surface area contributed by atoms with E-state index in [2.05, 4.69) is 49.9 Å². The van der Waals surface area contributed by atoms with E-state index in [-0.39, 0.29) is 11.8 Å². The van der Waals surface area contributed by atoms with Crippen molar-refractivity contribution >= 4 is 33.4 Å². The van der Waals surface area contributed by atoms with Crippen LogP contribution in [0, 0.1) is 5.92 Å². The molecule has 7 nitrogen and oxygen atoms in total. The molecule has 2 aliphatic heterocycles. The molecule has 1 aromatic carbocycles. The van der Waals surface area contributed by atoms with Gasteiger partial charge in [-0.1, -0.05) is 18.2 Å². The predicted molar refractivity (Wildman–Crippen MR) is 135 cm³/mol. The van der Waals surface area contributed by atoms with Crippen LogP contribution in [0.25, 0.3) is 10.9 Å². The second-order valence-corrected chi connectivity index (χ2v) is 11.2. The van der Waals surface area contributed by atoms with E-state index in [1.54, 1.807) is 6.26 Å². The van der Waals surface area contributed by atoms with Crippen molar-refractivity contribution in [1.82, 2.24) is 19.8 Å². The van der Waals surface area contributed by atoms with E-state index >= 15 is 0 Å². The van der Waals surface area contributed by atoms with E-state index in [1.807, 2.05) is 24.4 Å². The number of nitrogens with zero attached hydrogens (tertiary/aromatic N) is 4. The van der Waals surface area contributed by atoms with Gasteiger partial charge in [0.2, 0.25) is 5.91 Å². The first-order valence-electron chi connectivity index (χ1n) is 12.1. The van der Waals surface area contributed by atoms with Crippen molar-refractivity contribution in [3.05, 3.63) is 53.7 Å². The molecule has 0 radical (unpaired) electrons. The van der Waals surface area contributed by atoms with Crippen LogP contribution in [0.1, 0.15) is 23.5 Å². The molecule has 4 atom stereocenters. The Morgan fingerprint density at radius 3 is 2.68 bits per heavy atom. The molecule has 1 N–H and O–H groups in total. The third-order valence-electron chi connectivity index (χ3n) is 8.01. The van der Waals surface area contributed by atoms with Crippen molar-refractivity contribution < 1.29 is 9.00 Å². The van der Waals surface area contributed by atoms with Crippen molar-refractivity contribution in [2.75, 3.05) is 50.9 Å². The number of anilines is 1. The SMILES string of the molecule is CN1C[C@H](C(=O)N2CCN(c3ccccn3)CC2)C[C@@H]2c3cccc4[nH]c(S(C)=O)c(c34)C[C@H]21. The number of hydrogen-bond donors (Lipinski definition) is 1. The number of aromatic nitrogens is 2. The maximum atomic E-state index is 13.6. The Balaban J connectivity index is 1.22. The highest BCUT2D eigenvalue weighted by atomic mass is 32.2. The normalized spacial score (nSPS) is 25.9. The molecule has 8 heteroatoms. The largest absolute Gasteiger partial charge is 0.353 e. The molecule has 0 bridgehead atoms. The molecular formula is C26H31N5O2S. The second kappa shape index (κ2) is 8.50. The zero-order chi connectivity index (χ0) is 23.4. The standard InChI is InChI=1S/C26H31N5O2S/c1-29-16-17(26(32)31-12-10-30(11-13-31)23-8-3-4-9-27-23)14-19-18-6-5-7-21-24(18)20(15-22(19)29)25(28-21)34(2)33/h3-9,17,19,22,28H,10-16H2,1-2H3/t17-,19-,22-,34?/m1/s1. The maximum Gasteiger partial charge on any atom is 0.227 e. The van der Waals surface area contributed by atoms with E-state index in [4.69, 9.17) is 0 Å². The van der Waals surface area contributed by atoms with Crippen LogP contribution >= 0.6 is 0 Å². The molecule has 6 rings (SSSR count). The lowest BCUT2D eigenvalue weighted by Crippen LogP contribution is -2.55. The lowest BCUT2D eigenvalue weighted by atomic mass is 9.72. The van der Waals surface area contributed by atoms with Crippen molar-refractivity contribution in [3.63, 3.8) is 0 Å². The summed E-state index contributed by atoms with van der Waals surface area (Å²) in [5, 5.41) is 2.10. The van der Waals surface area contributed by atoms with Crippen molar-refractivity contribution in [2.24, 2.45) is 5.92 Å². The third kappa shape index (κ3) is 3.55. The number of rotatable bonds is 3. The molecule has 3 aromatic rings. The molecule has 2 saturated heterocycles. The number of hydrogen-bond acceptors (Lipinski definition) is 5. The lowest BCUT2D eigenvalue weighted by molar-refractivity contribution is -0.138. The molecule has 178 valence electrons. The van der Waals surface area contributed by atoms with Gasteiger partial charge in [-0.3, -0.25) is 9.00 Å². The van der Waals surface area contributed by atoms with Crippen LogP contribution in [0.15, 0.2) is 47.6 Å². The molecule has 3 aliphatic rings. The summed E-state index contributed by atoms with van der Waals surface area (Å²) in [5.74, 6) is 1.59. The van der Waals surface area contributed by atoms with Gasteiger partial charge < -0.3 is 19.7 Å². The van der Waals surface area contributed by atoms with Gasteiger partial charge in [0.05, 0.1) is 16.7 Å². The smallest absolute Gasteiger partial charge is 0.227 e. The maximum absolute atomic E-state index is 13.6. The molecule has 0 spiro atoms. The van der Waals surface area contributed by atoms with Crippen LogP contribution < -0.4 is 4.90 Å². The summed E-state index contributed by atoms with van der Waals surface area (Å²) in [5.41, 5.74) is 3.58. The first kappa shape index (κ1) is 21.8. The number of likely N-dealkylation sites (tertiary alicyclic amines) is 1. The van der Waals surface area contributed by atoms with Crippen LogP contribution in [-0.4, -0.2) is 82.0 Å². The fraction of sp³-hybridized carbons (Fsp3) is 0.462. The Labute approximate surface area is 202 Å². The zero-order valence-electron chi connectivity index (χ0n) is 19.7. The summed E-state index contributed by atoms with van der Waals surface area (Å²) in [7, 11) is 1.10. The highest BCUT2D eigenvalue weighted by Crippen LogP contribution is 2.46. The van der Waals surface area contributed by atoms with Crippen molar-refractivity contribution in [2.45, 2.75) is 29.8 Å².